The number of Topliss-reactive ketones (excluding diaryl/α,β-unsaturated/α-hetero) is 1. The van der Waals surface area contributed by atoms with E-state index in [1.54, 1.807) is 64.6 Å². The van der Waals surface area contributed by atoms with Crippen molar-refractivity contribution in [1.82, 2.24) is 9.88 Å². The summed E-state index contributed by atoms with van der Waals surface area (Å²) in [6.07, 6.45) is 1.58. The van der Waals surface area contributed by atoms with Crippen LogP contribution in [0, 0.1) is 13.8 Å². The molecule has 0 fully saturated rings. The molecule has 0 aliphatic carbocycles. The minimum Gasteiger partial charge on any atom is -0.464 e. The van der Waals surface area contributed by atoms with Crippen LogP contribution in [0.4, 0.5) is 5.69 Å². The molecule has 0 saturated carbocycles. The molecule has 29 heavy (non-hydrogen) atoms. The van der Waals surface area contributed by atoms with Crippen molar-refractivity contribution in [2.75, 3.05) is 5.32 Å². The van der Waals surface area contributed by atoms with Gasteiger partial charge in [0.2, 0.25) is 0 Å². The summed E-state index contributed by atoms with van der Waals surface area (Å²) < 4.78 is 6.95. The Labute approximate surface area is 169 Å². The second-order valence-corrected chi connectivity index (χ2v) is 8.15. The normalized spacial score (nSPS) is 11.5. The number of carbonyl (C=O) groups excluding carboxylic acids is 3. The lowest BCUT2D eigenvalue weighted by Crippen LogP contribution is -2.44. The summed E-state index contributed by atoms with van der Waals surface area (Å²) in [5, 5.41) is 6.40. The molecular weight excluding hydrogens is 370 g/mol. The summed E-state index contributed by atoms with van der Waals surface area (Å²) in [4.78, 5) is 38.1. The summed E-state index contributed by atoms with van der Waals surface area (Å²) in [5.74, 6) is -1.69. The number of anilines is 1. The maximum Gasteiger partial charge on any atom is 0.292 e. The van der Waals surface area contributed by atoms with Crippen LogP contribution in [0.15, 0.2) is 34.9 Å². The third-order valence-electron chi connectivity index (χ3n) is 4.78. The number of amides is 2. The molecule has 0 unspecified atom stereocenters. The fraction of sp³-hybridized carbons (Fsp3) is 0.318. The molecule has 2 aromatic heterocycles. The van der Waals surface area contributed by atoms with E-state index >= 15 is 0 Å². The second-order valence-electron chi connectivity index (χ2n) is 8.15. The molecule has 152 valence electrons. The van der Waals surface area contributed by atoms with E-state index < -0.39 is 17.2 Å². The lowest BCUT2D eigenvalue weighted by Gasteiger charge is -2.19. The Bertz CT molecular complexity index is 1130. The Kier molecular flexibility index (Phi) is 5.09. The first-order valence-electron chi connectivity index (χ1n) is 9.31. The lowest BCUT2D eigenvalue weighted by atomic mass is 10.0. The van der Waals surface area contributed by atoms with Crippen molar-refractivity contribution in [3.05, 3.63) is 53.0 Å². The van der Waals surface area contributed by atoms with E-state index in [2.05, 4.69) is 10.6 Å². The molecule has 2 N–H and O–H groups in total. The molecular formula is C22H25N3O4. The molecule has 0 radical (unpaired) electrons. The first-order chi connectivity index (χ1) is 13.5. The SMILES string of the molecule is Cc1c(C(=O)C(=O)NC(C)(C)C)c(C)n(C)c1C(=O)Nc1ccc2occc2c1. The maximum atomic E-state index is 12.9. The van der Waals surface area contributed by atoms with Crippen molar-refractivity contribution < 1.29 is 18.8 Å². The third-order valence-corrected chi connectivity index (χ3v) is 4.78. The third kappa shape index (κ3) is 3.94. The van der Waals surface area contributed by atoms with Crippen molar-refractivity contribution in [3.8, 4) is 0 Å². The van der Waals surface area contributed by atoms with Gasteiger partial charge in [-0.3, -0.25) is 14.4 Å². The maximum absolute atomic E-state index is 12.9. The van der Waals surface area contributed by atoms with Gasteiger partial charge in [0.15, 0.2) is 0 Å². The monoisotopic (exact) mass is 395 g/mol. The Morgan fingerprint density at radius 1 is 1.07 bits per heavy atom. The number of carbonyl (C=O) groups is 3. The highest BCUT2D eigenvalue weighted by Crippen LogP contribution is 2.25. The van der Waals surface area contributed by atoms with E-state index in [4.69, 9.17) is 4.42 Å². The quantitative estimate of drug-likeness (QED) is 0.520. The van der Waals surface area contributed by atoms with Crippen LogP contribution >= 0.6 is 0 Å². The number of aromatic nitrogens is 1. The number of hydrogen-bond acceptors (Lipinski definition) is 4. The van der Waals surface area contributed by atoms with Gasteiger partial charge in [-0.15, -0.1) is 0 Å². The predicted octanol–water partition coefficient (Wildman–Crippen LogP) is 3.74. The summed E-state index contributed by atoms with van der Waals surface area (Å²) in [7, 11) is 1.70. The van der Waals surface area contributed by atoms with E-state index in [9.17, 15) is 14.4 Å². The number of rotatable bonds is 4. The summed E-state index contributed by atoms with van der Waals surface area (Å²) >= 11 is 0. The molecule has 7 nitrogen and oxygen atoms in total. The topological polar surface area (TPSA) is 93.3 Å². The molecule has 7 heteroatoms. The zero-order chi connectivity index (χ0) is 21.5. The van der Waals surface area contributed by atoms with Crippen LogP contribution in [-0.4, -0.2) is 27.7 Å². The molecule has 3 aromatic rings. The first kappa shape index (κ1) is 20.4. The number of fused-ring (bicyclic) bond motifs is 1. The summed E-state index contributed by atoms with van der Waals surface area (Å²) in [5.41, 5.74) is 2.43. The molecule has 1 aromatic carbocycles. The fourth-order valence-corrected chi connectivity index (χ4v) is 3.38. The number of ketones is 1. The van der Waals surface area contributed by atoms with Gasteiger partial charge in [0.1, 0.15) is 11.3 Å². The molecule has 2 heterocycles. The Balaban J connectivity index is 1.91. The number of nitrogens with zero attached hydrogens (tertiary/aromatic N) is 1. The highest BCUT2D eigenvalue weighted by molar-refractivity contribution is 6.43. The van der Waals surface area contributed by atoms with Crippen LogP contribution < -0.4 is 10.6 Å². The van der Waals surface area contributed by atoms with Gasteiger partial charge in [-0.05, 0) is 64.4 Å². The van der Waals surface area contributed by atoms with Crippen LogP contribution in [-0.2, 0) is 11.8 Å². The van der Waals surface area contributed by atoms with Gasteiger partial charge in [0.25, 0.3) is 17.6 Å². The van der Waals surface area contributed by atoms with Gasteiger partial charge < -0.3 is 19.6 Å². The zero-order valence-corrected chi connectivity index (χ0v) is 17.5. The molecule has 0 aliphatic heterocycles. The minimum atomic E-state index is -0.688. The van der Waals surface area contributed by atoms with E-state index in [0.717, 1.165) is 11.0 Å². The first-order valence-corrected chi connectivity index (χ1v) is 9.31. The number of benzene rings is 1. The molecule has 0 aliphatic rings. The van der Waals surface area contributed by atoms with Gasteiger partial charge in [-0.1, -0.05) is 0 Å². The van der Waals surface area contributed by atoms with Gasteiger partial charge in [-0.25, -0.2) is 0 Å². The van der Waals surface area contributed by atoms with Crippen molar-refractivity contribution in [3.63, 3.8) is 0 Å². The zero-order valence-electron chi connectivity index (χ0n) is 17.5. The van der Waals surface area contributed by atoms with Gasteiger partial charge in [0.05, 0.1) is 11.8 Å². The number of hydrogen-bond donors (Lipinski definition) is 2. The van der Waals surface area contributed by atoms with Crippen molar-refractivity contribution in [2.45, 2.75) is 40.2 Å². The van der Waals surface area contributed by atoms with Gasteiger partial charge >= 0.3 is 0 Å². The predicted molar refractivity (Wildman–Crippen MR) is 111 cm³/mol. The lowest BCUT2D eigenvalue weighted by molar-refractivity contribution is -0.118. The van der Waals surface area contributed by atoms with Crippen LogP contribution in [0.3, 0.4) is 0 Å². The smallest absolute Gasteiger partial charge is 0.292 e. The van der Waals surface area contributed by atoms with Crippen LogP contribution in [0.1, 0.15) is 52.9 Å². The second kappa shape index (κ2) is 7.24. The highest BCUT2D eigenvalue weighted by atomic mass is 16.3. The van der Waals surface area contributed by atoms with Crippen LogP contribution in [0.2, 0.25) is 0 Å². The van der Waals surface area contributed by atoms with Gasteiger partial charge in [-0.2, -0.15) is 0 Å². The molecule has 0 bridgehead atoms. The van der Waals surface area contributed by atoms with E-state index in [1.165, 1.54) is 0 Å². The average Bonchev–Trinajstić information content (AvgIpc) is 3.15. The Morgan fingerprint density at radius 3 is 2.41 bits per heavy atom. The molecule has 3 rings (SSSR count). The van der Waals surface area contributed by atoms with Gasteiger partial charge in [0, 0.05) is 29.4 Å². The number of furan rings is 1. The fourth-order valence-electron chi connectivity index (χ4n) is 3.38. The molecule has 0 saturated heterocycles. The molecule has 2 amide bonds. The summed E-state index contributed by atoms with van der Waals surface area (Å²) in [6, 6.07) is 7.15. The van der Waals surface area contributed by atoms with Crippen LogP contribution in [0.5, 0.6) is 0 Å². The van der Waals surface area contributed by atoms with Crippen molar-refractivity contribution >= 4 is 34.3 Å². The number of nitrogens with one attached hydrogen (secondary N) is 2. The molecule has 0 spiro atoms. The Morgan fingerprint density at radius 2 is 1.76 bits per heavy atom. The highest BCUT2D eigenvalue weighted by Gasteiger charge is 2.30. The standard InChI is InChI=1S/C22H25N3O4/c1-12-17(19(26)21(28)24-22(3,4)5)13(2)25(6)18(12)20(27)23-15-7-8-16-14(11-15)9-10-29-16/h7-11H,1-6H3,(H,23,27)(H,24,28). The van der Waals surface area contributed by atoms with Crippen molar-refractivity contribution in [1.29, 1.82) is 0 Å². The van der Waals surface area contributed by atoms with E-state index in [1.807, 2.05) is 12.1 Å². The van der Waals surface area contributed by atoms with Crippen molar-refractivity contribution in [2.24, 2.45) is 7.05 Å². The minimum absolute atomic E-state index is 0.254. The van der Waals surface area contributed by atoms with E-state index in [-0.39, 0.29) is 11.5 Å². The average molecular weight is 395 g/mol. The van der Waals surface area contributed by atoms with E-state index in [0.29, 0.717) is 22.6 Å². The Hall–Kier alpha value is -3.35. The summed E-state index contributed by atoms with van der Waals surface area (Å²) in [6.45, 7) is 8.81. The van der Waals surface area contributed by atoms with Crippen LogP contribution in [0.25, 0.3) is 11.0 Å². The largest absolute Gasteiger partial charge is 0.464 e. The molecule has 0 atom stereocenters.